The van der Waals surface area contributed by atoms with Gasteiger partial charge in [0, 0.05) is 5.54 Å². The summed E-state index contributed by atoms with van der Waals surface area (Å²) in [4.78, 5) is 0. The zero-order valence-electron chi connectivity index (χ0n) is 12.1. The van der Waals surface area contributed by atoms with Gasteiger partial charge in [-0.25, -0.2) is 0 Å². The zero-order valence-corrected chi connectivity index (χ0v) is 12.1. The van der Waals surface area contributed by atoms with Gasteiger partial charge in [0.2, 0.25) is 0 Å². The topological polar surface area (TPSA) is 12.0 Å². The van der Waals surface area contributed by atoms with Crippen molar-refractivity contribution in [3.8, 4) is 0 Å². The zero-order chi connectivity index (χ0) is 12.3. The van der Waals surface area contributed by atoms with Crippen molar-refractivity contribution in [3.63, 3.8) is 0 Å². The Kier molecular flexibility index (Phi) is 4.85. The van der Waals surface area contributed by atoms with Crippen molar-refractivity contribution in [2.75, 3.05) is 6.54 Å². The molecule has 0 aromatic carbocycles. The van der Waals surface area contributed by atoms with Crippen LogP contribution in [0.15, 0.2) is 0 Å². The van der Waals surface area contributed by atoms with Crippen LogP contribution in [0.1, 0.15) is 60.8 Å². The number of nitrogens with one attached hydrogen (secondary N) is 1. The van der Waals surface area contributed by atoms with E-state index in [9.17, 15) is 0 Å². The molecule has 0 amide bonds. The first kappa shape index (κ1) is 14.0. The molecule has 0 aromatic heterocycles. The summed E-state index contributed by atoms with van der Waals surface area (Å²) in [5.74, 6) is 3.64. The van der Waals surface area contributed by atoms with E-state index in [0.29, 0.717) is 0 Å². The fourth-order valence-electron chi connectivity index (χ4n) is 2.85. The van der Waals surface area contributed by atoms with Gasteiger partial charge in [0.05, 0.1) is 0 Å². The van der Waals surface area contributed by atoms with Crippen LogP contribution in [-0.2, 0) is 0 Å². The Morgan fingerprint density at radius 2 is 1.81 bits per heavy atom. The average Bonchev–Trinajstić information content (AvgIpc) is 2.14. The van der Waals surface area contributed by atoms with Gasteiger partial charge >= 0.3 is 0 Å². The molecule has 1 rings (SSSR count). The summed E-state index contributed by atoms with van der Waals surface area (Å²) in [6, 6.07) is 0. The summed E-state index contributed by atoms with van der Waals surface area (Å²) in [5, 5.41) is 3.67. The second-order valence-corrected chi connectivity index (χ2v) is 7.19. The summed E-state index contributed by atoms with van der Waals surface area (Å²) in [5.41, 5.74) is 0.272. The quantitative estimate of drug-likeness (QED) is 0.763. The van der Waals surface area contributed by atoms with Gasteiger partial charge in [0.1, 0.15) is 0 Å². The van der Waals surface area contributed by atoms with E-state index >= 15 is 0 Å². The molecule has 1 N–H and O–H groups in total. The van der Waals surface area contributed by atoms with Crippen molar-refractivity contribution >= 4 is 0 Å². The molecule has 3 unspecified atom stereocenters. The van der Waals surface area contributed by atoms with E-state index in [-0.39, 0.29) is 5.54 Å². The molecular formula is C15H31N. The Hall–Kier alpha value is -0.0400. The molecule has 0 saturated heterocycles. The second kappa shape index (κ2) is 5.53. The molecule has 96 valence electrons. The van der Waals surface area contributed by atoms with Gasteiger partial charge in [-0.05, 0) is 70.3 Å². The molecule has 1 fully saturated rings. The SMILES string of the molecule is CC(C)C1CCC(CNC(C)(C)C)C(C)C1. The molecule has 1 aliphatic rings. The van der Waals surface area contributed by atoms with E-state index in [0.717, 1.165) is 23.7 Å². The highest BCUT2D eigenvalue weighted by molar-refractivity contribution is 4.82. The van der Waals surface area contributed by atoms with Crippen molar-refractivity contribution in [2.45, 2.75) is 66.3 Å². The normalized spacial score (nSPS) is 32.1. The molecule has 1 heteroatoms. The molecule has 0 heterocycles. The summed E-state index contributed by atoms with van der Waals surface area (Å²) in [6.45, 7) is 15.2. The Morgan fingerprint density at radius 1 is 1.19 bits per heavy atom. The largest absolute Gasteiger partial charge is 0.312 e. The fourth-order valence-corrected chi connectivity index (χ4v) is 2.85. The molecule has 1 nitrogen and oxygen atoms in total. The molecule has 0 aromatic rings. The molecule has 1 aliphatic carbocycles. The highest BCUT2D eigenvalue weighted by Gasteiger charge is 2.29. The van der Waals surface area contributed by atoms with E-state index in [4.69, 9.17) is 0 Å². The van der Waals surface area contributed by atoms with Gasteiger partial charge in [-0.15, -0.1) is 0 Å². The third-order valence-corrected chi connectivity index (χ3v) is 4.22. The predicted octanol–water partition coefficient (Wildman–Crippen LogP) is 4.08. The van der Waals surface area contributed by atoms with Crippen LogP contribution in [0, 0.1) is 23.7 Å². The minimum Gasteiger partial charge on any atom is -0.312 e. The maximum Gasteiger partial charge on any atom is 0.00966 e. The van der Waals surface area contributed by atoms with Crippen LogP contribution in [0.5, 0.6) is 0 Å². The van der Waals surface area contributed by atoms with Gasteiger partial charge in [-0.1, -0.05) is 20.8 Å². The van der Waals surface area contributed by atoms with Crippen LogP contribution in [0.3, 0.4) is 0 Å². The maximum absolute atomic E-state index is 3.67. The average molecular weight is 225 g/mol. The lowest BCUT2D eigenvalue weighted by molar-refractivity contribution is 0.151. The summed E-state index contributed by atoms with van der Waals surface area (Å²) in [6.07, 6.45) is 4.31. The smallest absolute Gasteiger partial charge is 0.00966 e. The van der Waals surface area contributed by atoms with Crippen LogP contribution in [-0.4, -0.2) is 12.1 Å². The first-order valence-corrected chi connectivity index (χ1v) is 7.04. The highest BCUT2D eigenvalue weighted by Crippen LogP contribution is 2.37. The van der Waals surface area contributed by atoms with Crippen molar-refractivity contribution in [1.82, 2.24) is 5.32 Å². The van der Waals surface area contributed by atoms with Crippen LogP contribution < -0.4 is 5.32 Å². The summed E-state index contributed by atoms with van der Waals surface area (Å²) < 4.78 is 0. The Labute approximate surface area is 102 Å². The van der Waals surface area contributed by atoms with Crippen molar-refractivity contribution < 1.29 is 0 Å². The third kappa shape index (κ3) is 4.45. The maximum atomic E-state index is 3.67. The molecule has 0 bridgehead atoms. The molecule has 3 atom stereocenters. The van der Waals surface area contributed by atoms with E-state index < -0.39 is 0 Å². The van der Waals surface area contributed by atoms with Crippen molar-refractivity contribution in [1.29, 1.82) is 0 Å². The van der Waals surface area contributed by atoms with E-state index in [1.165, 1.54) is 25.8 Å². The minimum atomic E-state index is 0.272. The number of hydrogen-bond donors (Lipinski definition) is 1. The van der Waals surface area contributed by atoms with Crippen LogP contribution in [0.25, 0.3) is 0 Å². The molecule has 16 heavy (non-hydrogen) atoms. The molecule has 1 saturated carbocycles. The lowest BCUT2D eigenvalue weighted by atomic mass is 9.71. The van der Waals surface area contributed by atoms with Crippen LogP contribution in [0.2, 0.25) is 0 Å². The summed E-state index contributed by atoms with van der Waals surface area (Å²) >= 11 is 0. The first-order valence-electron chi connectivity index (χ1n) is 7.04. The monoisotopic (exact) mass is 225 g/mol. The Morgan fingerprint density at radius 3 is 2.25 bits per heavy atom. The number of rotatable bonds is 3. The molecular weight excluding hydrogens is 194 g/mol. The summed E-state index contributed by atoms with van der Waals surface area (Å²) in [7, 11) is 0. The van der Waals surface area contributed by atoms with E-state index in [2.05, 4.69) is 46.9 Å². The number of hydrogen-bond acceptors (Lipinski definition) is 1. The Balaban J connectivity index is 2.36. The first-order chi connectivity index (χ1) is 7.29. The predicted molar refractivity (Wildman–Crippen MR) is 72.6 cm³/mol. The molecule has 0 radical (unpaired) electrons. The Bertz CT molecular complexity index is 202. The lowest BCUT2D eigenvalue weighted by Gasteiger charge is -2.37. The van der Waals surface area contributed by atoms with Crippen LogP contribution in [0.4, 0.5) is 0 Å². The van der Waals surface area contributed by atoms with Gasteiger partial charge in [-0.3, -0.25) is 0 Å². The van der Waals surface area contributed by atoms with Crippen molar-refractivity contribution in [2.24, 2.45) is 23.7 Å². The van der Waals surface area contributed by atoms with Gasteiger partial charge in [-0.2, -0.15) is 0 Å². The van der Waals surface area contributed by atoms with E-state index in [1.54, 1.807) is 0 Å². The molecule has 0 aliphatic heterocycles. The highest BCUT2D eigenvalue weighted by atomic mass is 14.9. The van der Waals surface area contributed by atoms with Gasteiger partial charge in [0.25, 0.3) is 0 Å². The standard InChI is InChI=1S/C15H31N/c1-11(2)13-7-8-14(12(3)9-13)10-16-15(4,5)6/h11-14,16H,7-10H2,1-6H3. The van der Waals surface area contributed by atoms with Crippen molar-refractivity contribution in [3.05, 3.63) is 0 Å². The van der Waals surface area contributed by atoms with Gasteiger partial charge in [0.15, 0.2) is 0 Å². The lowest BCUT2D eigenvalue weighted by Crippen LogP contribution is -2.42. The fraction of sp³-hybridized carbons (Fsp3) is 1.00. The third-order valence-electron chi connectivity index (χ3n) is 4.22. The minimum absolute atomic E-state index is 0.272. The molecule has 0 spiro atoms. The van der Waals surface area contributed by atoms with Crippen LogP contribution >= 0.6 is 0 Å². The van der Waals surface area contributed by atoms with Gasteiger partial charge < -0.3 is 5.32 Å². The second-order valence-electron chi connectivity index (χ2n) is 7.19. The van der Waals surface area contributed by atoms with E-state index in [1.807, 2.05) is 0 Å².